The normalized spacial score (nSPS) is 21.4. The van der Waals surface area contributed by atoms with Gasteiger partial charge in [0.05, 0.1) is 0 Å². The molecular formula is C20H28N2O2. The summed E-state index contributed by atoms with van der Waals surface area (Å²) < 4.78 is 0. The molecule has 3 rings (SSSR count). The predicted octanol–water partition coefficient (Wildman–Crippen LogP) is 4.72. The van der Waals surface area contributed by atoms with Crippen molar-refractivity contribution in [2.24, 2.45) is 10.8 Å². The van der Waals surface area contributed by atoms with E-state index in [1.165, 1.54) is 0 Å². The van der Waals surface area contributed by atoms with Crippen LogP contribution in [0.4, 0.5) is 11.4 Å². The van der Waals surface area contributed by atoms with E-state index in [0.29, 0.717) is 0 Å². The fourth-order valence-corrected chi connectivity index (χ4v) is 3.97. The number of anilines is 2. The molecule has 0 aliphatic heterocycles. The lowest BCUT2D eigenvalue weighted by molar-refractivity contribution is -0.125. The van der Waals surface area contributed by atoms with E-state index >= 15 is 0 Å². The predicted molar refractivity (Wildman–Crippen MR) is 96.9 cm³/mol. The Hall–Kier alpha value is -1.84. The summed E-state index contributed by atoms with van der Waals surface area (Å²) in [5, 5.41) is 6.03. The zero-order chi connectivity index (χ0) is 17.2. The molecule has 4 heteroatoms. The summed E-state index contributed by atoms with van der Waals surface area (Å²) in [5.41, 5.74) is 1.12. The number of rotatable bonds is 4. The summed E-state index contributed by atoms with van der Waals surface area (Å²) >= 11 is 0. The van der Waals surface area contributed by atoms with Crippen molar-refractivity contribution in [3.05, 3.63) is 24.3 Å². The SMILES string of the molecule is CC1(C(=O)Nc2ccc(NC(=O)C3(C)CCCC3)cc2)CCCC1. The third kappa shape index (κ3) is 3.47. The largest absolute Gasteiger partial charge is 0.326 e. The number of nitrogens with one attached hydrogen (secondary N) is 2. The molecule has 2 fully saturated rings. The summed E-state index contributed by atoms with van der Waals surface area (Å²) in [7, 11) is 0. The van der Waals surface area contributed by atoms with E-state index in [-0.39, 0.29) is 22.6 Å². The molecule has 4 nitrogen and oxygen atoms in total. The van der Waals surface area contributed by atoms with Gasteiger partial charge in [0.25, 0.3) is 0 Å². The number of amides is 2. The molecule has 2 saturated carbocycles. The maximum atomic E-state index is 12.4. The summed E-state index contributed by atoms with van der Waals surface area (Å²) in [4.78, 5) is 24.9. The van der Waals surface area contributed by atoms with Gasteiger partial charge in [0.2, 0.25) is 11.8 Å². The number of hydrogen-bond acceptors (Lipinski definition) is 2. The zero-order valence-electron chi connectivity index (χ0n) is 14.8. The Bertz CT molecular complexity index is 554. The van der Waals surface area contributed by atoms with Crippen molar-refractivity contribution in [1.82, 2.24) is 0 Å². The minimum Gasteiger partial charge on any atom is -0.326 e. The lowest BCUT2D eigenvalue weighted by Crippen LogP contribution is -2.31. The first-order valence-electron chi connectivity index (χ1n) is 9.14. The maximum absolute atomic E-state index is 12.4. The molecule has 0 radical (unpaired) electrons. The minimum absolute atomic E-state index is 0.107. The summed E-state index contributed by atoms with van der Waals surface area (Å²) in [6.45, 7) is 4.10. The standard InChI is InChI=1S/C20H28N2O2/c1-19(11-3-4-12-19)17(23)21-15-7-9-16(10-8-15)22-18(24)20(2)13-5-6-14-20/h7-10H,3-6,11-14H2,1-2H3,(H,21,23)(H,22,24). The van der Waals surface area contributed by atoms with Gasteiger partial charge in [0.1, 0.15) is 0 Å². The molecule has 1 aromatic carbocycles. The average molecular weight is 328 g/mol. The molecule has 2 amide bonds. The van der Waals surface area contributed by atoms with Crippen LogP contribution in [-0.4, -0.2) is 11.8 Å². The van der Waals surface area contributed by atoms with E-state index in [1.54, 1.807) is 0 Å². The van der Waals surface area contributed by atoms with Gasteiger partial charge >= 0.3 is 0 Å². The monoisotopic (exact) mass is 328 g/mol. The van der Waals surface area contributed by atoms with Crippen molar-refractivity contribution < 1.29 is 9.59 Å². The highest BCUT2D eigenvalue weighted by atomic mass is 16.2. The van der Waals surface area contributed by atoms with Gasteiger partial charge in [-0.2, -0.15) is 0 Å². The van der Waals surface area contributed by atoms with Crippen molar-refractivity contribution in [3.8, 4) is 0 Å². The molecule has 130 valence electrons. The second-order valence-electron chi connectivity index (χ2n) is 8.02. The molecule has 2 aliphatic rings. The van der Waals surface area contributed by atoms with E-state index in [2.05, 4.69) is 10.6 Å². The molecule has 1 aromatic rings. The smallest absolute Gasteiger partial charge is 0.230 e. The first-order chi connectivity index (χ1) is 11.4. The quantitative estimate of drug-likeness (QED) is 0.840. The molecule has 2 N–H and O–H groups in total. The molecule has 0 bridgehead atoms. The average Bonchev–Trinajstić information content (AvgIpc) is 3.20. The zero-order valence-corrected chi connectivity index (χ0v) is 14.8. The molecule has 0 atom stereocenters. The minimum atomic E-state index is -0.232. The van der Waals surface area contributed by atoms with Gasteiger partial charge in [-0.1, -0.05) is 39.5 Å². The van der Waals surface area contributed by atoms with Gasteiger partial charge in [-0.05, 0) is 49.9 Å². The van der Waals surface area contributed by atoms with Crippen LogP contribution >= 0.6 is 0 Å². The highest BCUT2D eigenvalue weighted by Gasteiger charge is 2.37. The molecule has 0 saturated heterocycles. The Morgan fingerprint density at radius 2 is 1.00 bits per heavy atom. The molecule has 24 heavy (non-hydrogen) atoms. The molecule has 0 unspecified atom stereocenters. The third-order valence-electron chi connectivity index (χ3n) is 5.91. The van der Waals surface area contributed by atoms with Gasteiger partial charge in [0.15, 0.2) is 0 Å². The van der Waals surface area contributed by atoms with Crippen LogP contribution < -0.4 is 10.6 Å². The maximum Gasteiger partial charge on any atom is 0.230 e. The van der Waals surface area contributed by atoms with E-state index < -0.39 is 0 Å². The highest BCUT2D eigenvalue weighted by Crippen LogP contribution is 2.39. The fraction of sp³-hybridized carbons (Fsp3) is 0.600. The number of carbonyl (C=O) groups is 2. The second-order valence-corrected chi connectivity index (χ2v) is 8.02. The van der Waals surface area contributed by atoms with Crippen molar-refractivity contribution in [2.75, 3.05) is 10.6 Å². The van der Waals surface area contributed by atoms with Gasteiger partial charge in [-0.25, -0.2) is 0 Å². The van der Waals surface area contributed by atoms with E-state index in [1.807, 2.05) is 38.1 Å². The molecular weight excluding hydrogens is 300 g/mol. The van der Waals surface area contributed by atoms with Gasteiger partial charge in [-0.3, -0.25) is 9.59 Å². The van der Waals surface area contributed by atoms with Crippen molar-refractivity contribution in [2.45, 2.75) is 65.2 Å². The summed E-state index contributed by atoms with van der Waals surface area (Å²) in [5.74, 6) is 0.213. The van der Waals surface area contributed by atoms with E-state index in [9.17, 15) is 9.59 Å². The lowest BCUT2D eigenvalue weighted by Gasteiger charge is -2.23. The molecule has 0 heterocycles. The van der Waals surface area contributed by atoms with Crippen molar-refractivity contribution in [1.29, 1.82) is 0 Å². The van der Waals surface area contributed by atoms with Crippen molar-refractivity contribution in [3.63, 3.8) is 0 Å². The van der Waals surface area contributed by atoms with Crippen LogP contribution in [0.5, 0.6) is 0 Å². The van der Waals surface area contributed by atoms with Crippen LogP contribution in [0.3, 0.4) is 0 Å². The van der Waals surface area contributed by atoms with Crippen LogP contribution in [0.1, 0.15) is 65.2 Å². The van der Waals surface area contributed by atoms with Crippen LogP contribution in [-0.2, 0) is 9.59 Å². The highest BCUT2D eigenvalue weighted by molar-refractivity contribution is 5.97. The van der Waals surface area contributed by atoms with Crippen molar-refractivity contribution >= 4 is 23.2 Å². The Balaban J connectivity index is 1.59. The number of carbonyl (C=O) groups excluding carboxylic acids is 2. The topological polar surface area (TPSA) is 58.2 Å². The number of benzene rings is 1. The van der Waals surface area contributed by atoms with Crippen LogP contribution in [0.15, 0.2) is 24.3 Å². The van der Waals surface area contributed by atoms with Gasteiger partial charge < -0.3 is 10.6 Å². The summed E-state index contributed by atoms with van der Waals surface area (Å²) in [6, 6.07) is 7.46. The van der Waals surface area contributed by atoms with E-state index in [4.69, 9.17) is 0 Å². The van der Waals surface area contributed by atoms with Crippen LogP contribution in [0.25, 0.3) is 0 Å². The van der Waals surface area contributed by atoms with Gasteiger partial charge in [0, 0.05) is 22.2 Å². The molecule has 0 spiro atoms. The van der Waals surface area contributed by atoms with E-state index in [0.717, 1.165) is 62.7 Å². The Labute approximate surface area is 144 Å². The Kier molecular flexibility index (Phi) is 4.66. The lowest BCUT2D eigenvalue weighted by atomic mass is 9.87. The van der Waals surface area contributed by atoms with Crippen LogP contribution in [0, 0.1) is 10.8 Å². The third-order valence-corrected chi connectivity index (χ3v) is 5.91. The Morgan fingerprint density at radius 1 is 0.708 bits per heavy atom. The first-order valence-corrected chi connectivity index (χ1v) is 9.14. The molecule has 2 aliphatic carbocycles. The van der Waals surface area contributed by atoms with Crippen LogP contribution in [0.2, 0.25) is 0 Å². The van der Waals surface area contributed by atoms with Gasteiger partial charge in [-0.15, -0.1) is 0 Å². The fourth-order valence-electron chi connectivity index (χ4n) is 3.97. The number of hydrogen-bond donors (Lipinski definition) is 2. The molecule has 0 aromatic heterocycles. The first kappa shape index (κ1) is 17.0. The Morgan fingerprint density at radius 3 is 1.29 bits per heavy atom. The summed E-state index contributed by atoms with van der Waals surface area (Å²) in [6.07, 6.45) is 8.39. The second kappa shape index (κ2) is 6.58.